The number of piperidine rings is 1. The molecule has 104 valence electrons. The fourth-order valence-electron chi connectivity index (χ4n) is 2.36. The van der Waals surface area contributed by atoms with Crippen LogP contribution in [-0.4, -0.2) is 33.7 Å². The van der Waals surface area contributed by atoms with Crippen molar-refractivity contribution in [3.63, 3.8) is 0 Å². The molecule has 1 fully saturated rings. The van der Waals surface area contributed by atoms with E-state index in [-0.39, 0.29) is 10.5 Å². The summed E-state index contributed by atoms with van der Waals surface area (Å²) in [5.41, 5.74) is 6.10. The molecule has 1 aromatic carbocycles. The van der Waals surface area contributed by atoms with Crippen LogP contribution in [0.3, 0.4) is 0 Å². The fourth-order valence-corrected chi connectivity index (χ4v) is 3.28. The molecule has 0 aromatic heterocycles. The quantitative estimate of drug-likeness (QED) is 0.902. The third-order valence-electron chi connectivity index (χ3n) is 3.34. The summed E-state index contributed by atoms with van der Waals surface area (Å²) in [5.74, 6) is -0.616. The Kier molecular flexibility index (Phi) is 3.80. The number of primary amides is 1. The Hall–Kier alpha value is -1.56. The number of carbonyl (C=O) groups excluding carboxylic acids is 1. The first-order valence-electron chi connectivity index (χ1n) is 6.28. The van der Waals surface area contributed by atoms with E-state index in [0.29, 0.717) is 5.69 Å². The van der Waals surface area contributed by atoms with Crippen LogP contribution in [0.4, 0.5) is 5.69 Å². The van der Waals surface area contributed by atoms with E-state index < -0.39 is 15.7 Å². The second-order valence-corrected chi connectivity index (χ2v) is 6.85. The van der Waals surface area contributed by atoms with E-state index in [1.54, 1.807) is 12.1 Å². The van der Waals surface area contributed by atoms with Gasteiger partial charge in [-0.3, -0.25) is 4.79 Å². The average Bonchev–Trinajstić information content (AvgIpc) is 2.38. The molecule has 2 N–H and O–H groups in total. The summed E-state index contributed by atoms with van der Waals surface area (Å²) in [5, 5.41) is 0. The molecule has 0 spiro atoms. The third kappa shape index (κ3) is 3.07. The molecule has 0 aliphatic carbocycles. The van der Waals surface area contributed by atoms with Crippen LogP contribution in [0.2, 0.25) is 0 Å². The van der Waals surface area contributed by atoms with Gasteiger partial charge in [-0.15, -0.1) is 0 Å². The molecule has 5 nitrogen and oxygen atoms in total. The van der Waals surface area contributed by atoms with E-state index in [9.17, 15) is 13.2 Å². The minimum atomic E-state index is -3.39. The van der Waals surface area contributed by atoms with Crippen molar-refractivity contribution < 1.29 is 13.2 Å². The molecular formula is C13H18N2O3S. The van der Waals surface area contributed by atoms with Gasteiger partial charge >= 0.3 is 0 Å². The van der Waals surface area contributed by atoms with E-state index in [2.05, 4.69) is 4.90 Å². The highest BCUT2D eigenvalue weighted by Crippen LogP contribution is 2.28. The van der Waals surface area contributed by atoms with Gasteiger partial charge in [-0.05, 0) is 37.5 Å². The highest BCUT2D eigenvalue weighted by molar-refractivity contribution is 7.90. The van der Waals surface area contributed by atoms with Crippen molar-refractivity contribution in [1.29, 1.82) is 0 Å². The minimum Gasteiger partial charge on any atom is -0.370 e. The van der Waals surface area contributed by atoms with Gasteiger partial charge in [0.05, 0.1) is 10.6 Å². The Morgan fingerprint density at radius 3 is 2.37 bits per heavy atom. The number of amides is 1. The molecule has 1 heterocycles. The van der Waals surface area contributed by atoms with Crippen LogP contribution in [0.15, 0.2) is 23.1 Å². The molecule has 0 radical (unpaired) electrons. The van der Waals surface area contributed by atoms with Crippen LogP contribution >= 0.6 is 0 Å². The molecule has 1 amide bonds. The lowest BCUT2D eigenvalue weighted by molar-refractivity contribution is 0.1000. The smallest absolute Gasteiger partial charge is 0.248 e. The number of sulfone groups is 1. The maximum Gasteiger partial charge on any atom is 0.248 e. The van der Waals surface area contributed by atoms with Crippen LogP contribution in [0.25, 0.3) is 0 Å². The lowest BCUT2D eigenvalue weighted by atomic mass is 10.1. The molecular weight excluding hydrogens is 264 g/mol. The lowest BCUT2D eigenvalue weighted by Gasteiger charge is -2.30. The van der Waals surface area contributed by atoms with E-state index >= 15 is 0 Å². The van der Waals surface area contributed by atoms with E-state index in [1.807, 2.05) is 0 Å². The highest BCUT2D eigenvalue weighted by atomic mass is 32.2. The number of carbonyl (C=O) groups is 1. The van der Waals surface area contributed by atoms with E-state index in [4.69, 9.17) is 5.73 Å². The number of anilines is 1. The number of benzene rings is 1. The molecule has 0 unspecified atom stereocenters. The first-order valence-corrected chi connectivity index (χ1v) is 8.17. The van der Waals surface area contributed by atoms with Crippen LogP contribution < -0.4 is 10.6 Å². The van der Waals surface area contributed by atoms with Crippen LogP contribution in [0.1, 0.15) is 29.6 Å². The predicted molar refractivity (Wildman–Crippen MR) is 74.1 cm³/mol. The molecule has 6 heteroatoms. The third-order valence-corrected chi connectivity index (χ3v) is 4.47. The summed E-state index contributed by atoms with van der Waals surface area (Å²) in [7, 11) is -3.39. The Morgan fingerprint density at radius 2 is 1.84 bits per heavy atom. The maximum atomic E-state index is 11.9. The topological polar surface area (TPSA) is 80.5 Å². The summed E-state index contributed by atoms with van der Waals surface area (Å²) >= 11 is 0. The van der Waals surface area contributed by atoms with Gasteiger partial charge in [-0.1, -0.05) is 0 Å². The minimum absolute atomic E-state index is 0.186. The number of nitrogens with two attached hydrogens (primary N) is 1. The van der Waals surface area contributed by atoms with Crippen molar-refractivity contribution in [1.82, 2.24) is 0 Å². The first-order chi connectivity index (χ1) is 8.89. The number of hydrogen-bond acceptors (Lipinski definition) is 4. The predicted octanol–water partition coefficient (Wildman–Crippen LogP) is 1.18. The largest absolute Gasteiger partial charge is 0.370 e. The van der Waals surface area contributed by atoms with Crippen LogP contribution in [0.5, 0.6) is 0 Å². The van der Waals surface area contributed by atoms with Gasteiger partial charge in [-0.2, -0.15) is 0 Å². The van der Waals surface area contributed by atoms with Gasteiger partial charge in [0.15, 0.2) is 9.84 Å². The second kappa shape index (κ2) is 5.21. The normalized spacial score (nSPS) is 16.4. The van der Waals surface area contributed by atoms with Crippen LogP contribution in [-0.2, 0) is 9.84 Å². The van der Waals surface area contributed by atoms with Gasteiger partial charge in [0.2, 0.25) is 5.91 Å². The molecule has 19 heavy (non-hydrogen) atoms. The van der Waals surface area contributed by atoms with Gasteiger partial charge in [-0.25, -0.2) is 8.42 Å². The van der Waals surface area contributed by atoms with Crippen molar-refractivity contribution in [3.05, 3.63) is 23.8 Å². The lowest BCUT2D eigenvalue weighted by Crippen LogP contribution is -2.30. The molecule has 0 saturated carbocycles. The standard InChI is InChI=1S/C13H18N2O3S/c1-19(17,18)12-9-10(13(14)16)5-6-11(12)15-7-3-2-4-8-15/h5-6,9H,2-4,7-8H2,1H3,(H2,14,16). The zero-order chi connectivity index (χ0) is 14.0. The van der Waals surface area contributed by atoms with Crippen LogP contribution in [0, 0.1) is 0 Å². The summed E-state index contributed by atoms with van der Waals surface area (Å²) in [6, 6.07) is 4.64. The SMILES string of the molecule is CS(=O)(=O)c1cc(C(N)=O)ccc1N1CCCCC1. The average molecular weight is 282 g/mol. The summed E-state index contributed by atoms with van der Waals surface area (Å²) in [6.45, 7) is 1.69. The number of nitrogens with zero attached hydrogens (tertiary/aromatic N) is 1. The molecule has 1 aliphatic heterocycles. The Bertz CT molecular complexity index is 590. The molecule has 0 bridgehead atoms. The van der Waals surface area contributed by atoms with Gasteiger partial charge in [0.1, 0.15) is 0 Å². The van der Waals surface area contributed by atoms with E-state index in [1.165, 1.54) is 12.5 Å². The van der Waals surface area contributed by atoms with Gasteiger partial charge in [0, 0.05) is 24.9 Å². The van der Waals surface area contributed by atoms with Gasteiger partial charge in [0.25, 0.3) is 0 Å². The summed E-state index contributed by atoms with van der Waals surface area (Å²) < 4.78 is 23.8. The van der Waals surface area contributed by atoms with Crippen molar-refractivity contribution in [2.24, 2.45) is 5.73 Å². The first kappa shape index (κ1) is 13.9. The van der Waals surface area contributed by atoms with E-state index in [0.717, 1.165) is 32.2 Å². The monoisotopic (exact) mass is 282 g/mol. The Balaban J connectivity index is 2.50. The molecule has 1 aromatic rings. The zero-order valence-electron chi connectivity index (χ0n) is 10.9. The maximum absolute atomic E-state index is 11.9. The second-order valence-electron chi connectivity index (χ2n) is 4.87. The summed E-state index contributed by atoms with van der Waals surface area (Å²) in [6.07, 6.45) is 4.44. The molecule has 1 saturated heterocycles. The van der Waals surface area contributed by atoms with Crippen molar-refractivity contribution in [3.8, 4) is 0 Å². The molecule has 2 rings (SSSR count). The van der Waals surface area contributed by atoms with Crippen molar-refractivity contribution in [2.75, 3.05) is 24.2 Å². The Labute approximate surface area is 113 Å². The molecule has 1 aliphatic rings. The highest BCUT2D eigenvalue weighted by Gasteiger charge is 2.21. The van der Waals surface area contributed by atoms with Crippen molar-refractivity contribution in [2.45, 2.75) is 24.2 Å². The van der Waals surface area contributed by atoms with Crippen molar-refractivity contribution >= 4 is 21.4 Å². The number of hydrogen-bond donors (Lipinski definition) is 1. The zero-order valence-corrected chi connectivity index (χ0v) is 11.7. The fraction of sp³-hybridized carbons (Fsp3) is 0.462. The Morgan fingerprint density at radius 1 is 1.21 bits per heavy atom. The summed E-state index contributed by atoms with van der Waals surface area (Å²) in [4.78, 5) is 13.4. The number of rotatable bonds is 3. The van der Waals surface area contributed by atoms with Gasteiger partial charge < -0.3 is 10.6 Å². The molecule has 0 atom stereocenters.